The molecule has 1 aliphatic carbocycles. The highest BCUT2D eigenvalue weighted by Crippen LogP contribution is 2.17. The van der Waals surface area contributed by atoms with E-state index in [4.69, 9.17) is 0 Å². The Labute approximate surface area is 134 Å². The molecule has 0 unspecified atom stereocenters. The number of rotatable bonds is 6. The van der Waals surface area contributed by atoms with Gasteiger partial charge in [0, 0.05) is 31.3 Å². The minimum Gasteiger partial charge on any atom is -0.353 e. The van der Waals surface area contributed by atoms with Gasteiger partial charge >= 0.3 is 0 Å². The summed E-state index contributed by atoms with van der Waals surface area (Å²) in [6.45, 7) is 0.383. The highest BCUT2D eigenvalue weighted by molar-refractivity contribution is 5.83. The first kappa shape index (κ1) is 15.5. The van der Waals surface area contributed by atoms with Crippen molar-refractivity contribution >= 4 is 17.5 Å². The Hall–Kier alpha value is -2.44. The van der Waals surface area contributed by atoms with Gasteiger partial charge in [-0.05, 0) is 12.8 Å². The maximum atomic E-state index is 11.9. The second-order valence-electron chi connectivity index (χ2n) is 5.88. The number of hydrogen-bond acceptors (Lipinski definition) is 4. The van der Waals surface area contributed by atoms with E-state index < -0.39 is 0 Å². The highest BCUT2D eigenvalue weighted by Gasteiger charge is 2.17. The minimum absolute atomic E-state index is 0.0343. The van der Waals surface area contributed by atoms with E-state index in [0.29, 0.717) is 12.6 Å². The molecule has 0 aliphatic heterocycles. The number of carbonyl (C=O) groups excluding carboxylic acids is 2. The SMILES string of the molecule is O=C(CCC(=O)NC1CCCC1)NCc1cnc2cnccn12. The van der Waals surface area contributed by atoms with Gasteiger partial charge < -0.3 is 10.6 Å². The number of nitrogens with zero attached hydrogens (tertiary/aromatic N) is 3. The maximum absolute atomic E-state index is 11.9. The largest absolute Gasteiger partial charge is 0.353 e. The standard InChI is InChI=1S/C16H21N5O2/c22-15(5-6-16(23)20-12-3-1-2-4-12)19-10-13-9-18-14-11-17-7-8-21(13)14/h7-9,11-12H,1-6,10H2,(H,19,22)(H,20,23). The number of fused-ring (bicyclic) bond motifs is 1. The summed E-state index contributed by atoms with van der Waals surface area (Å²) in [5.74, 6) is -0.163. The van der Waals surface area contributed by atoms with Crippen molar-refractivity contribution < 1.29 is 9.59 Å². The molecule has 0 bridgehead atoms. The molecule has 7 nitrogen and oxygen atoms in total. The predicted molar refractivity (Wildman–Crippen MR) is 84.5 cm³/mol. The number of nitrogens with one attached hydrogen (secondary N) is 2. The van der Waals surface area contributed by atoms with Gasteiger partial charge in [0.1, 0.15) is 0 Å². The van der Waals surface area contributed by atoms with Crippen molar-refractivity contribution in [2.45, 2.75) is 51.1 Å². The van der Waals surface area contributed by atoms with Crippen molar-refractivity contribution in [3.05, 3.63) is 30.5 Å². The molecular formula is C16H21N5O2. The van der Waals surface area contributed by atoms with Crippen molar-refractivity contribution in [3.63, 3.8) is 0 Å². The van der Waals surface area contributed by atoms with Crippen LogP contribution in [0.25, 0.3) is 5.65 Å². The fourth-order valence-electron chi connectivity index (χ4n) is 2.90. The average Bonchev–Trinajstić information content (AvgIpc) is 3.20. The van der Waals surface area contributed by atoms with Crippen LogP contribution >= 0.6 is 0 Å². The van der Waals surface area contributed by atoms with Crippen LogP contribution in [0.2, 0.25) is 0 Å². The number of carbonyl (C=O) groups is 2. The molecule has 1 fully saturated rings. The lowest BCUT2D eigenvalue weighted by Crippen LogP contribution is -2.33. The van der Waals surface area contributed by atoms with Crippen LogP contribution in [0.5, 0.6) is 0 Å². The zero-order valence-electron chi connectivity index (χ0n) is 13.0. The second kappa shape index (κ2) is 7.21. The summed E-state index contributed by atoms with van der Waals surface area (Å²) < 4.78 is 1.88. The smallest absolute Gasteiger partial charge is 0.220 e. The predicted octanol–water partition coefficient (Wildman–Crippen LogP) is 1.18. The van der Waals surface area contributed by atoms with Gasteiger partial charge in [0.25, 0.3) is 0 Å². The molecular weight excluding hydrogens is 294 g/mol. The summed E-state index contributed by atoms with van der Waals surface area (Å²) in [4.78, 5) is 31.9. The van der Waals surface area contributed by atoms with Crippen LogP contribution in [0, 0.1) is 0 Å². The summed E-state index contributed by atoms with van der Waals surface area (Å²) in [7, 11) is 0. The van der Waals surface area contributed by atoms with E-state index >= 15 is 0 Å². The van der Waals surface area contributed by atoms with Crippen LogP contribution in [0.4, 0.5) is 0 Å². The summed E-state index contributed by atoms with van der Waals surface area (Å²) in [6, 6.07) is 0.303. The normalized spacial score (nSPS) is 15.0. The second-order valence-corrected chi connectivity index (χ2v) is 5.88. The van der Waals surface area contributed by atoms with E-state index in [1.807, 2.05) is 4.40 Å². The Bertz CT molecular complexity index is 691. The maximum Gasteiger partial charge on any atom is 0.220 e. The van der Waals surface area contributed by atoms with E-state index in [2.05, 4.69) is 20.6 Å². The van der Waals surface area contributed by atoms with Crippen molar-refractivity contribution in [2.75, 3.05) is 0 Å². The Morgan fingerprint density at radius 1 is 1.17 bits per heavy atom. The summed E-state index contributed by atoms with van der Waals surface area (Å²) in [6.07, 6.45) is 11.8. The van der Waals surface area contributed by atoms with Gasteiger partial charge in [-0.1, -0.05) is 12.8 Å². The van der Waals surface area contributed by atoms with E-state index in [1.54, 1.807) is 24.8 Å². The quantitative estimate of drug-likeness (QED) is 0.838. The monoisotopic (exact) mass is 315 g/mol. The van der Waals surface area contributed by atoms with E-state index in [-0.39, 0.29) is 24.7 Å². The molecule has 7 heteroatoms. The minimum atomic E-state index is -0.129. The molecule has 0 saturated heterocycles. The molecule has 2 heterocycles. The van der Waals surface area contributed by atoms with Gasteiger partial charge in [-0.15, -0.1) is 0 Å². The van der Waals surface area contributed by atoms with Crippen LogP contribution in [0.15, 0.2) is 24.8 Å². The number of imidazole rings is 1. The lowest BCUT2D eigenvalue weighted by Gasteiger charge is -2.11. The Kier molecular flexibility index (Phi) is 4.85. The Morgan fingerprint density at radius 2 is 1.96 bits per heavy atom. The van der Waals surface area contributed by atoms with Crippen LogP contribution in [-0.4, -0.2) is 32.2 Å². The summed E-state index contributed by atoms with van der Waals surface area (Å²) in [5, 5.41) is 5.81. The molecule has 3 rings (SSSR count). The molecule has 2 N–H and O–H groups in total. The van der Waals surface area contributed by atoms with E-state index in [1.165, 1.54) is 12.8 Å². The molecule has 0 spiro atoms. The summed E-state index contributed by atoms with van der Waals surface area (Å²) >= 11 is 0. The van der Waals surface area contributed by atoms with Gasteiger partial charge in [0.05, 0.1) is 24.6 Å². The van der Waals surface area contributed by atoms with Gasteiger partial charge in [-0.2, -0.15) is 0 Å². The van der Waals surface area contributed by atoms with Crippen LogP contribution < -0.4 is 10.6 Å². The molecule has 1 saturated carbocycles. The molecule has 2 amide bonds. The zero-order chi connectivity index (χ0) is 16.1. The fourth-order valence-corrected chi connectivity index (χ4v) is 2.90. The lowest BCUT2D eigenvalue weighted by molar-refractivity contribution is -0.126. The zero-order valence-corrected chi connectivity index (χ0v) is 13.0. The third-order valence-electron chi connectivity index (χ3n) is 4.16. The topological polar surface area (TPSA) is 88.4 Å². The van der Waals surface area contributed by atoms with E-state index in [9.17, 15) is 9.59 Å². The molecule has 2 aromatic rings. The first-order valence-electron chi connectivity index (χ1n) is 8.04. The highest BCUT2D eigenvalue weighted by atomic mass is 16.2. The Morgan fingerprint density at radius 3 is 2.78 bits per heavy atom. The number of hydrogen-bond donors (Lipinski definition) is 2. The lowest BCUT2D eigenvalue weighted by atomic mass is 10.2. The third kappa shape index (κ3) is 4.06. The van der Waals surface area contributed by atoms with Crippen molar-refractivity contribution in [2.24, 2.45) is 0 Å². The first-order chi connectivity index (χ1) is 11.2. The third-order valence-corrected chi connectivity index (χ3v) is 4.16. The van der Waals surface area contributed by atoms with Crippen LogP contribution in [0.3, 0.4) is 0 Å². The van der Waals surface area contributed by atoms with Crippen LogP contribution in [0.1, 0.15) is 44.2 Å². The Balaban J connectivity index is 1.41. The van der Waals surface area contributed by atoms with Gasteiger partial charge in [-0.3, -0.25) is 19.0 Å². The van der Waals surface area contributed by atoms with Gasteiger partial charge in [-0.25, -0.2) is 4.98 Å². The molecule has 2 aromatic heterocycles. The van der Waals surface area contributed by atoms with Crippen molar-refractivity contribution in [1.29, 1.82) is 0 Å². The molecule has 23 heavy (non-hydrogen) atoms. The van der Waals surface area contributed by atoms with Crippen molar-refractivity contribution in [1.82, 2.24) is 25.0 Å². The van der Waals surface area contributed by atoms with Crippen LogP contribution in [-0.2, 0) is 16.1 Å². The molecule has 0 aromatic carbocycles. The average molecular weight is 315 g/mol. The summed E-state index contributed by atoms with van der Waals surface area (Å²) in [5.41, 5.74) is 1.62. The van der Waals surface area contributed by atoms with Gasteiger partial charge in [0.2, 0.25) is 11.8 Å². The number of amides is 2. The first-order valence-corrected chi connectivity index (χ1v) is 8.04. The fraction of sp³-hybridized carbons (Fsp3) is 0.500. The number of aromatic nitrogens is 3. The molecule has 0 radical (unpaired) electrons. The molecule has 1 aliphatic rings. The van der Waals surface area contributed by atoms with Crippen molar-refractivity contribution in [3.8, 4) is 0 Å². The molecule has 122 valence electrons. The van der Waals surface area contributed by atoms with Gasteiger partial charge in [0.15, 0.2) is 5.65 Å². The van der Waals surface area contributed by atoms with E-state index in [0.717, 1.165) is 24.2 Å². The molecule has 0 atom stereocenters.